The molecular formula is C60H42N2Si. The van der Waals surface area contributed by atoms with Gasteiger partial charge < -0.3 is 9.13 Å². The summed E-state index contributed by atoms with van der Waals surface area (Å²) in [4.78, 5) is 0. The molecule has 0 unspecified atom stereocenters. The van der Waals surface area contributed by atoms with Crippen molar-refractivity contribution >= 4 is 72.4 Å². The SMILES string of the molecule is [2H]c1cc([2H])c2c3cc(-c4cccc([Si](c5ccccc5)(c5ccccc5)c5ccccc5)c4)ccc3n(-c3ccc4c(c3)c3ccccc3n4-c3cccc(-c4ccccc4)c3)c2c1[2H]. The fourth-order valence-electron chi connectivity index (χ4n) is 10.0. The van der Waals surface area contributed by atoms with E-state index in [9.17, 15) is 2.74 Å². The van der Waals surface area contributed by atoms with Crippen molar-refractivity contribution in [1.29, 1.82) is 0 Å². The van der Waals surface area contributed by atoms with Crippen LogP contribution in [0.15, 0.2) is 255 Å². The molecule has 0 saturated carbocycles. The quantitative estimate of drug-likeness (QED) is 0.107. The Balaban J connectivity index is 1.05. The second kappa shape index (κ2) is 15.2. The van der Waals surface area contributed by atoms with Crippen molar-refractivity contribution in [2.24, 2.45) is 0 Å². The van der Waals surface area contributed by atoms with Crippen LogP contribution >= 0.6 is 0 Å². The van der Waals surface area contributed by atoms with Crippen LogP contribution in [0.1, 0.15) is 4.11 Å². The van der Waals surface area contributed by atoms with Crippen LogP contribution in [0, 0.1) is 0 Å². The minimum absolute atomic E-state index is 0.0319. The van der Waals surface area contributed by atoms with Crippen molar-refractivity contribution in [3.63, 3.8) is 0 Å². The Morgan fingerprint density at radius 2 is 0.778 bits per heavy atom. The van der Waals surface area contributed by atoms with Gasteiger partial charge in [0.1, 0.15) is 0 Å². The van der Waals surface area contributed by atoms with Gasteiger partial charge in [-0.2, -0.15) is 0 Å². The largest absolute Gasteiger partial charge is 0.309 e. The third-order valence-corrected chi connectivity index (χ3v) is 17.6. The van der Waals surface area contributed by atoms with E-state index in [4.69, 9.17) is 1.37 Å². The maximum absolute atomic E-state index is 9.38. The van der Waals surface area contributed by atoms with Crippen molar-refractivity contribution in [3.8, 4) is 33.6 Å². The van der Waals surface area contributed by atoms with Crippen molar-refractivity contribution in [2.75, 3.05) is 0 Å². The summed E-state index contributed by atoms with van der Waals surface area (Å²) in [6.45, 7) is 0. The van der Waals surface area contributed by atoms with Crippen molar-refractivity contribution in [2.45, 2.75) is 0 Å². The average molecular weight is 822 g/mol. The number of hydrogen-bond acceptors (Lipinski definition) is 0. The maximum Gasteiger partial charge on any atom is 0.179 e. The summed E-state index contributed by atoms with van der Waals surface area (Å²) in [6, 6.07) is 84.5. The Morgan fingerprint density at radius 3 is 1.48 bits per heavy atom. The van der Waals surface area contributed by atoms with E-state index in [2.05, 4.69) is 234 Å². The van der Waals surface area contributed by atoms with Crippen LogP contribution in [0.25, 0.3) is 77.2 Å². The van der Waals surface area contributed by atoms with Gasteiger partial charge in [-0.1, -0.05) is 200 Å². The van der Waals surface area contributed by atoms with Crippen LogP contribution in [-0.4, -0.2) is 17.2 Å². The number of rotatable bonds is 8. The first-order chi connectivity index (χ1) is 32.5. The Labute approximate surface area is 372 Å². The molecule has 2 heterocycles. The highest BCUT2D eigenvalue weighted by Crippen LogP contribution is 2.38. The van der Waals surface area contributed by atoms with Crippen LogP contribution in [0.2, 0.25) is 0 Å². The van der Waals surface area contributed by atoms with Gasteiger partial charge in [-0.15, -0.1) is 0 Å². The van der Waals surface area contributed by atoms with Crippen molar-refractivity contribution in [3.05, 3.63) is 255 Å². The van der Waals surface area contributed by atoms with Gasteiger partial charge in [0.15, 0.2) is 8.07 Å². The molecule has 0 aliphatic heterocycles. The highest BCUT2D eigenvalue weighted by Gasteiger charge is 2.41. The monoisotopic (exact) mass is 821 g/mol. The molecule has 2 nitrogen and oxygen atoms in total. The van der Waals surface area contributed by atoms with Crippen LogP contribution in [0.3, 0.4) is 0 Å². The third-order valence-electron chi connectivity index (χ3n) is 12.8. The second-order valence-corrected chi connectivity index (χ2v) is 20.1. The Hall–Kier alpha value is -7.98. The molecule has 12 rings (SSSR count). The second-order valence-electron chi connectivity index (χ2n) is 16.2. The lowest BCUT2D eigenvalue weighted by molar-refractivity contribution is 1.17. The van der Waals surface area contributed by atoms with Gasteiger partial charge >= 0.3 is 0 Å². The molecule has 0 saturated heterocycles. The third kappa shape index (κ3) is 6.00. The van der Waals surface area contributed by atoms with Crippen molar-refractivity contribution in [1.82, 2.24) is 9.13 Å². The summed E-state index contributed by atoms with van der Waals surface area (Å²) >= 11 is 0. The summed E-state index contributed by atoms with van der Waals surface area (Å²) in [5.74, 6) is 0. The zero-order chi connectivity index (χ0) is 44.4. The molecule has 0 fully saturated rings. The van der Waals surface area contributed by atoms with Gasteiger partial charge in [0.25, 0.3) is 0 Å². The van der Waals surface area contributed by atoms with Crippen molar-refractivity contribution < 1.29 is 4.11 Å². The Kier molecular flexibility index (Phi) is 8.12. The molecule has 296 valence electrons. The van der Waals surface area contributed by atoms with E-state index >= 15 is 0 Å². The number of nitrogens with zero attached hydrogens (tertiary/aromatic N) is 2. The van der Waals surface area contributed by atoms with E-state index in [1.165, 1.54) is 32.4 Å². The van der Waals surface area contributed by atoms with E-state index in [1.54, 1.807) is 0 Å². The van der Waals surface area contributed by atoms with Gasteiger partial charge in [-0.05, 0) is 97.6 Å². The number of benzene rings is 10. The molecule has 0 aliphatic carbocycles. The summed E-state index contributed by atoms with van der Waals surface area (Å²) in [7, 11) is -2.79. The molecule has 0 aliphatic rings. The molecule has 3 heteroatoms. The minimum atomic E-state index is -2.79. The van der Waals surface area contributed by atoms with Gasteiger partial charge in [-0.25, -0.2) is 0 Å². The molecule has 0 radical (unpaired) electrons. The standard InChI is InChI=1S/C60H42N2Si/c1-5-19-43(20-6-1)44-21-17-23-47(39-44)61-58-34-16-14-32-54(58)56-42-48(36-38-60(56)61)62-57-33-15-13-31-53(57)55-41-46(35-37-59(55)62)45-22-18-30-52(40-45)63(49-24-7-2-8-25-49,50-26-9-3-10-27-50)51-28-11-4-12-29-51/h1-42H/i15D,31D,33D. The first-order valence-corrected chi connectivity index (χ1v) is 23.5. The van der Waals surface area contributed by atoms with Gasteiger partial charge in [0, 0.05) is 32.9 Å². The predicted octanol–water partition coefficient (Wildman–Crippen LogP) is 12.6. The van der Waals surface area contributed by atoms with E-state index in [0.717, 1.165) is 60.8 Å². The highest BCUT2D eigenvalue weighted by atomic mass is 28.3. The summed E-state index contributed by atoms with van der Waals surface area (Å²) in [5, 5.41) is 8.97. The first kappa shape index (κ1) is 33.7. The van der Waals surface area contributed by atoms with E-state index in [1.807, 2.05) is 6.07 Å². The normalized spacial score (nSPS) is 12.5. The fourth-order valence-corrected chi connectivity index (χ4v) is 14.8. The average Bonchev–Trinajstić information content (AvgIpc) is 3.90. The summed E-state index contributed by atoms with van der Waals surface area (Å²) in [6.07, 6.45) is 0. The number of aromatic nitrogens is 2. The fraction of sp³-hybridized carbons (Fsp3) is 0. The molecule has 0 bridgehead atoms. The van der Waals surface area contributed by atoms with Gasteiger partial charge in [0.05, 0.1) is 26.2 Å². The molecule has 10 aromatic carbocycles. The number of para-hydroxylation sites is 2. The molecule has 63 heavy (non-hydrogen) atoms. The molecular weight excluding hydrogens is 777 g/mol. The smallest absolute Gasteiger partial charge is 0.179 e. The zero-order valence-corrected chi connectivity index (χ0v) is 35.4. The minimum Gasteiger partial charge on any atom is -0.309 e. The zero-order valence-electron chi connectivity index (χ0n) is 37.4. The molecule has 12 aromatic rings. The van der Waals surface area contributed by atoms with Crippen LogP contribution < -0.4 is 20.7 Å². The maximum atomic E-state index is 9.38. The van der Waals surface area contributed by atoms with E-state index in [0.29, 0.717) is 10.9 Å². The Bertz CT molecular complexity index is 3690. The highest BCUT2D eigenvalue weighted by molar-refractivity contribution is 7.19. The predicted molar refractivity (Wildman–Crippen MR) is 270 cm³/mol. The van der Waals surface area contributed by atoms with E-state index in [-0.39, 0.29) is 18.1 Å². The molecule has 0 N–H and O–H groups in total. The number of fused-ring (bicyclic) bond motifs is 6. The van der Waals surface area contributed by atoms with Gasteiger partial charge in [0.2, 0.25) is 0 Å². The lowest BCUT2D eigenvalue weighted by Crippen LogP contribution is -2.74. The molecule has 0 amide bonds. The molecule has 0 spiro atoms. The lowest BCUT2D eigenvalue weighted by Gasteiger charge is -2.34. The molecule has 2 aromatic heterocycles. The summed E-state index contributed by atoms with van der Waals surface area (Å²) in [5.41, 5.74) is 10.00. The number of hydrogen-bond donors (Lipinski definition) is 0. The van der Waals surface area contributed by atoms with Crippen LogP contribution in [-0.2, 0) is 0 Å². The van der Waals surface area contributed by atoms with E-state index < -0.39 is 8.07 Å². The molecule has 0 atom stereocenters. The summed E-state index contributed by atoms with van der Waals surface area (Å²) < 4.78 is 32.0. The lowest BCUT2D eigenvalue weighted by atomic mass is 10.0. The van der Waals surface area contributed by atoms with Crippen LogP contribution in [0.5, 0.6) is 0 Å². The topological polar surface area (TPSA) is 9.86 Å². The first-order valence-electron chi connectivity index (χ1n) is 23.0. The Morgan fingerprint density at radius 1 is 0.286 bits per heavy atom. The van der Waals surface area contributed by atoms with Crippen LogP contribution in [0.4, 0.5) is 0 Å². The van der Waals surface area contributed by atoms with Gasteiger partial charge in [-0.3, -0.25) is 0 Å².